The second-order valence-electron chi connectivity index (χ2n) is 7.02. The lowest BCUT2D eigenvalue weighted by Gasteiger charge is -2.32. The molecule has 0 saturated heterocycles. The number of hydrogen-bond acceptors (Lipinski definition) is 2. The van der Waals surface area contributed by atoms with Crippen molar-refractivity contribution in [1.82, 2.24) is 5.32 Å². The smallest absolute Gasteiger partial charge is 0.0345 e. The number of thiophene rings is 1. The summed E-state index contributed by atoms with van der Waals surface area (Å²) in [6, 6.07) is 9.39. The molecule has 116 valence electrons. The van der Waals surface area contributed by atoms with Crippen molar-refractivity contribution in [3.8, 4) is 0 Å². The van der Waals surface area contributed by atoms with Gasteiger partial charge in [0, 0.05) is 10.7 Å². The van der Waals surface area contributed by atoms with Crippen molar-refractivity contribution in [3.63, 3.8) is 0 Å². The molecule has 0 aliphatic rings. The number of benzene rings is 1. The molecule has 0 bridgehead atoms. The fraction of sp³-hybridized carbons (Fsp3) is 0.579. The Hall–Kier alpha value is -0.860. The van der Waals surface area contributed by atoms with E-state index in [1.54, 1.807) is 0 Å². The van der Waals surface area contributed by atoms with Crippen molar-refractivity contribution < 1.29 is 0 Å². The molecule has 0 aliphatic carbocycles. The molecule has 2 heteroatoms. The zero-order chi connectivity index (χ0) is 15.3. The van der Waals surface area contributed by atoms with Crippen LogP contribution in [0.25, 0.3) is 10.1 Å². The summed E-state index contributed by atoms with van der Waals surface area (Å²) < 4.78 is 1.42. The summed E-state index contributed by atoms with van der Waals surface area (Å²) in [4.78, 5) is 0. The maximum absolute atomic E-state index is 3.73. The van der Waals surface area contributed by atoms with Crippen LogP contribution in [0.1, 0.15) is 52.5 Å². The van der Waals surface area contributed by atoms with Crippen LogP contribution in [0.4, 0.5) is 0 Å². The van der Waals surface area contributed by atoms with Gasteiger partial charge in [-0.1, -0.05) is 45.9 Å². The van der Waals surface area contributed by atoms with Crippen LogP contribution in [0.5, 0.6) is 0 Å². The van der Waals surface area contributed by atoms with Crippen LogP contribution in [0.3, 0.4) is 0 Å². The van der Waals surface area contributed by atoms with E-state index < -0.39 is 0 Å². The molecule has 1 atom stereocenters. The molecule has 0 fully saturated rings. The first-order chi connectivity index (χ1) is 10.0. The number of rotatable bonds is 7. The summed E-state index contributed by atoms with van der Waals surface area (Å²) in [5.74, 6) is 0. The predicted molar refractivity (Wildman–Crippen MR) is 96.3 cm³/mol. The third kappa shape index (κ3) is 4.55. The van der Waals surface area contributed by atoms with E-state index in [4.69, 9.17) is 0 Å². The predicted octanol–water partition coefficient (Wildman–Crippen LogP) is 5.64. The first-order valence-corrected chi connectivity index (χ1v) is 9.09. The first-order valence-electron chi connectivity index (χ1n) is 8.21. The Bertz CT molecular complexity index is 550. The second-order valence-corrected chi connectivity index (χ2v) is 7.93. The van der Waals surface area contributed by atoms with Gasteiger partial charge in [-0.3, -0.25) is 0 Å². The van der Waals surface area contributed by atoms with Crippen molar-refractivity contribution in [1.29, 1.82) is 0 Å². The van der Waals surface area contributed by atoms with Gasteiger partial charge in [0.15, 0.2) is 0 Å². The third-order valence-electron chi connectivity index (χ3n) is 4.19. The fourth-order valence-electron chi connectivity index (χ4n) is 2.88. The highest BCUT2D eigenvalue weighted by Crippen LogP contribution is 2.28. The van der Waals surface area contributed by atoms with Crippen LogP contribution < -0.4 is 5.32 Å². The Morgan fingerprint density at radius 3 is 2.67 bits per heavy atom. The maximum Gasteiger partial charge on any atom is 0.0345 e. The van der Waals surface area contributed by atoms with Gasteiger partial charge in [0.2, 0.25) is 0 Å². The van der Waals surface area contributed by atoms with Gasteiger partial charge in [-0.15, -0.1) is 11.3 Å². The monoisotopic (exact) mass is 303 g/mol. The van der Waals surface area contributed by atoms with Crippen LogP contribution in [-0.4, -0.2) is 12.6 Å². The Labute approximate surface area is 133 Å². The molecule has 1 aromatic heterocycles. The van der Waals surface area contributed by atoms with Crippen LogP contribution in [-0.2, 0) is 6.42 Å². The topological polar surface area (TPSA) is 12.0 Å². The molecule has 0 saturated carbocycles. The number of nitrogens with one attached hydrogen (secondary N) is 1. The van der Waals surface area contributed by atoms with Crippen LogP contribution in [0.2, 0.25) is 0 Å². The Morgan fingerprint density at radius 1 is 1.19 bits per heavy atom. The SMILES string of the molecule is CCCNC(CCCc1csc2ccccc12)C(C)(C)C. The summed E-state index contributed by atoms with van der Waals surface area (Å²) in [5.41, 5.74) is 1.87. The summed E-state index contributed by atoms with van der Waals surface area (Å²) >= 11 is 1.88. The molecule has 1 nitrogen and oxygen atoms in total. The zero-order valence-corrected chi connectivity index (χ0v) is 14.7. The van der Waals surface area contributed by atoms with Gasteiger partial charge in [0.1, 0.15) is 0 Å². The van der Waals surface area contributed by atoms with Crippen molar-refractivity contribution in [2.45, 2.75) is 59.4 Å². The molecule has 2 rings (SSSR count). The van der Waals surface area contributed by atoms with Gasteiger partial charge in [0.25, 0.3) is 0 Å². The normalized spacial score (nSPS) is 13.7. The molecule has 0 radical (unpaired) electrons. The van der Waals surface area contributed by atoms with E-state index in [1.807, 2.05) is 11.3 Å². The quantitative estimate of drug-likeness (QED) is 0.698. The molecule has 0 aliphatic heterocycles. The average Bonchev–Trinajstić information content (AvgIpc) is 2.85. The van der Waals surface area contributed by atoms with Gasteiger partial charge in [-0.2, -0.15) is 0 Å². The van der Waals surface area contributed by atoms with E-state index in [0.717, 1.165) is 6.54 Å². The minimum absolute atomic E-state index is 0.339. The molecule has 21 heavy (non-hydrogen) atoms. The van der Waals surface area contributed by atoms with E-state index >= 15 is 0 Å². The van der Waals surface area contributed by atoms with E-state index in [-0.39, 0.29) is 0 Å². The molecule has 0 amide bonds. The van der Waals surface area contributed by atoms with E-state index in [0.29, 0.717) is 11.5 Å². The average molecular weight is 304 g/mol. The van der Waals surface area contributed by atoms with Crippen LogP contribution in [0.15, 0.2) is 29.6 Å². The maximum atomic E-state index is 3.73. The summed E-state index contributed by atoms with van der Waals surface area (Å²) in [6.07, 6.45) is 4.93. The van der Waals surface area contributed by atoms with Gasteiger partial charge in [-0.25, -0.2) is 0 Å². The lowest BCUT2D eigenvalue weighted by Crippen LogP contribution is -2.40. The van der Waals surface area contributed by atoms with E-state index in [9.17, 15) is 0 Å². The third-order valence-corrected chi connectivity index (χ3v) is 5.20. The largest absolute Gasteiger partial charge is 0.313 e. The fourth-order valence-corrected chi connectivity index (χ4v) is 3.88. The van der Waals surface area contributed by atoms with Gasteiger partial charge < -0.3 is 5.32 Å². The Balaban J connectivity index is 1.92. The molecule has 0 spiro atoms. The first kappa shape index (κ1) is 16.5. The molecule has 1 heterocycles. The van der Waals surface area contributed by atoms with Gasteiger partial charge in [-0.05, 0) is 60.0 Å². The Morgan fingerprint density at radius 2 is 1.95 bits per heavy atom. The molecule has 1 N–H and O–H groups in total. The standard InChI is InChI=1S/C19H29NS/c1-5-13-20-18(19(2,3)4)12-8-9-15-14-21-17-11-7-6-10-16(15)17/h6-7,10-11,14,18,20H,5,8-9,12-13H2,1-4H3. The minimum Gasteiger partial charge on any atom is -0.313 e. The summed E-state index contributed by atoms with van der Waals surface area (Å²) in [5, 5.41) is 7.53. The molecule has 1 aromatic carbocycles. The van der Waals surface area contributed by atoms with E-state index in [1.165, 1.54) is 41.3 Å². The van der Waals surface area contributed by atoms with Gasteiger partial charge >= 0.3 is 0 Å². The van der Waals surface area contributed by atoms with Crippen molar-refractivity contribution in [2.75, 3.05) is 6.54 Å². The molecular weight excluding hydrogens is 274 g/mol. The minimum atomic E-state index is 0.339. The Kier molecular flexibility index (Phi) is 5.83. The highest BCUT2D eigenvalue weighted by Gasteiger charge is 2.23. The number of fused-ring (bicyclic) bond motifs is 1. The molecular formula is C19H29NS. The highest BCUT2D eigenvalue weighted by molar-refractivity contribution is 7.17. The van der Waals surface area contributed by atoms with Gasteiger partial charge in [0.05, 0.1) is 0 Å². The second kappa shape index (κ2) is 7.42. The molecule has 2 aromatic rings. The van der Waals surface area contributed by atoms with E-state index in [2.05, 4.69) is 62.7 Å². The lowest BCUT2D eigenvalue weighted by atomic mass is 9.83. The summed E-state index contributed by atoms with van der Waals surface area (Å²) in [7, 11) is 0. The van der Waals surface area contributed by atoms with Crippen LogP contribution in [0, 0.1) is 5.41 Å². The van der Waals surface area contributed by atoms with Crippen molar-refractivity contribution in [2.24, 2.45) is 5.41 Å². The molecule has 1 unspecified atom stereocenters. The number of aryl methyl sites for hydroxylation is 1. The van der Waals surface area contributed by atoms with Crippen LogP contribution >= 0.6 is 11.3 Å². The highest BCUT2D eigenvalue weighted by atomic mass is 32.1. The zero-order valence-electron chi connectivity index (χ0n) is 13.9. The van der Waals surface area contributed by atoms with Crippen molar-refractivity contribution in [3.05, 3.63) is 35.2 Å². The lowest BCUT2D eigenvalue weighted by molar-refractivity contribution is 0.251. The number of hydrogen-bond donors (Lipinski definition) is 1. The van der Waals surface area contributed by atoms with Crippen molar-refractivity contribution >= 4 is 21.4 Å². The summed E-state index contributed by atoms with van der Waals surface area (Å²) in [6.45, 7) is 10.4.